The van der Waals surface area contributed by atoms with Crippen molar-refractivity contribution < 1.29 is 0 Å². The first-order valence-electron chi connectivity index (χ1n) is 7.16. The van der Waals surface area contributed by atoms with Crippen LogP contribution in [0.25, 0.3) is 0 Å². The minimum atomic E-state index is 0.216. The molecule has 0 amide bonds. The number of nitrogens with zero attached hydrogens (tertiary/aromatic N) is 2. The predicted octanol–water partition coefficient (Wildman–Crippen LogP) is 2.89. The molecule has 112 valence electrons. The lowest BCUT2D eigenvalue weighted by Crippen LogP contribution is -2.46. The van der Waals surface area contributed by atoms with Gasteiger partial charge in [-0.3, -0.25) is 4.90 Å². The van der Waals surface area contributed by atoms with Gasteiger partial charge in [0, 0.05) is 45.3 Å². The number of likely N-dealkylation sites (N-methyl/N-ethyl adjacent to an activating group) is 1. The third-order valence-electron chi connectivity index (χ3n) is 3.92. The van der Waals surface area contributed by atoms with E-state index in [0.717, 1.165) is 44.8 Å². The number of hydrogen-bond acceptors (Lipinski definition) is 3. The number of piperazine rings is 1. The normalized spacial score (nSPS) is 19.2. The van der Waals surface area contributed by atoms with Crippen molar-refractivity contribution >= 4 is 23.2 Å². The van der Waals surface area contributed by atoms with Gasteiger partial charge in [0.15, 0.2) is 0 Å². The second kappa shape index (κ2) is 7.62. The highest BCUT2D eigenvalue weighted by Gasteiger charge is 2.14. The fraction of sp³-hybridized carbons (Fsp3) is 0.600. The Morgan fingerprint density at radius 2 is 1.90 bits per heavy atom. The van der Waals surface area contributed by atoms with E-state index in [9.17, 15) is 0 Å². The van der Waals surface area contributed by atoms with E-state index in [0.29, 0.717) is 10.0 Å². The molecule has 1 aromatic rings. The minimum absolute atomic E-state index is 0.216. The summed E-state index contributed by atoms with van der Waals surface area (Å²) < 4.78 is 0. The lowest BCUT2D eigenvalue weighted by Gasteiger charge is -2.32. The molecule has 0 spiro atoms. The zero-order valence-electron chi connectivity index (χ0n) is 12.2. The third-order valence-corrected chi connectivity index (χ3v) is 4.76. The Morgan fingerprint density at radius 1 is 1.20 bits per heavy atom. The molecule has 5 heteroatoms. The van der Waals surface area contributed by atoms with E-state index in [1.807, 2.05) is 18.2 Å². The highest BCUT2D eigenvalue weighted by atomic mass is 35.5. The Bertz CT molecular complexity index is 431. The van der Waals surface area contributed by atoms with E-state index in [1.54, 1.807) is 0 Å². The number of hydrogen-bond donors (Lipinski definition) is 1. The van der Waals surface area contributed by atoms with Gasteiger partial charge in [-0.25, -0.2) is 0 Å². The van der Waals surface area contributed by atoms with E-state index in [1.165, 1.54) is 0 Å². The summed E-state index contributed by atoms with van der Waals surface area (Å²) in [6, 6.07) is 6.02. The summed E-state index contributed by atoms with van der Waals surface area (Å²) in [5, 5.41) is 4.81. The molecule has 2 rings (SSSR count). The smallest absolute Gasteiger partial charge is 0.0639 e. The predicted molar refractivity (Wildman–Crippen MR) is 86.8 cm³/mol. The molecular formula is C15H23Cl2N3. The lowest BCUT2D eigenvalue weighted by molar-refractivity contribution is 0.154. The van der Waals surface area contributed by atoms with Crippen molar-refractivity contribution in [3.8, 4) is 0 Å². The quantitative estimate of drug-likeness (QED) is 0.901. The maximum atomic E-state index is 6.24. The van der Waals surface area contributed by atoms with Gasteiger partial charge in [0.2, 0.25) is 0 Å². The summed E-state index contributed by atoms with van der Waals surface area (Å²) in [4.78, 5) is 4.87. The molecule has 0 bridgehead atoms. The van der Waals surface area contributed by atoms with E-state index in [2.05, 4.69) is 29.1 Å². The Morgan fingerprint density at radius 3 is 2.60 bits per heavy atom. The standard InChI is InChI=1S/C15H23Cl2N3/c1-12(13-4-3-5-14(16)15(13)17)18-6-7-20-10-8-19(2)9-11-20/h3-5,12,18H,6-11H2,1-2H3. The molecule has 0 saturated carbocycles. The van der Waals surface area contributed by atoms with Gasteiger partial charge in [-0.15, -0.1) is 0 Å². The maximum absolute atomic E-state index is 6.24. The van der Waals surface area contributed by atoms with Gasteiger partial charge in [0.25, 0.3) is 0 Å². The van der Waals surface area contributed by atoms with E-state index in [-0.39, 0.29) is 6.04 Å². The Hall–Kier alpha value is -0.320. The molecule has 1 N–H and O–H groups in total. The molecule has 0 aliphatic carbocycles. The van der Waals surface area contributed by atoms with Crippen LogP contribution in [0.2, 0.25) is 10.0 Å². The van der Waals surface area contributed by atoms with Crippen LogP contribution in [-0.2, 0) is 0 Å². The van der Waals surface area contributed by atoms with Crippen LogP contribution in [-0.4, -0.2) is 56.1 Å². The molecule has 0 aromatic heterocycles. The first-order chi connectivity index (χ1) is 9.58. The largest absolute Gasteiger partial charge is 0.309 e. The lowest BCUT2D eigenvalue weighted by atomic mass is 10.1. The van der Waals surface area contributed by atoms with Crippen molar-refractivity contribution in [3.63, 3.8) is 0 Å². The van der Waals surface area contributed by atoms with Crippen LogP contribution in [0.15, 0.2) is 18.2 Å². The topological polar surface area (TPSA) is 18.5 Å². The Labute approximate surface area is 131 Å². The number of halogens is 2. The van der Waals surface area contributed by atoms with Gasteiger partial charge in [0.05, 0.1) is 10.0 Å². The summed E-state index contributed by atoms with van der Waals surface area (Å²) in [5.41, 5.74) is 1.07. The van der Waals surface area contributed by atoms with Gasteiger partial charge < -0.3 is 10.2 Å². The van der Waals surface area contributed by atoms with Gasteiger partial charge >= 0.3 is 0 Å². The van der Waals surface area contributed by atoms with Crippen molar-refractivity contribution in [2.75, 3.05) is 46.3 Å². The number of rotatable bonds is 5. The van der Waals surface area contributed by atoms with E-state index < -0.39 is 0 Å². The fourth-order valence-corrected chi connectivity index (χ4v) is 2.95. The molecule has 1 saturated heterocycles. The molecule has 1 aromatic carbocycles. The monoisotopic (exact) mass is 315 g/mol. The van der Waals surface area contributed by atoms with Crippen LogP contribution in [0, 0.1) is 0 Å². The molecule has 1 heterocycles. The van der Waals surface area contributed by atoms with Gasteiger partial charge in [-0.1, -0.05) is 35.3 Å². The molecule has 1 atom stereocenters. The number of benzene rings is 1. The summed E-state index contributed by atoms with van der Waals surface area (Å²) in [6.45, 7) is 8.81. The van der Waals surface area contributed by atoms with Crippen LogP contribution in [0.3, 0.4) is 0 Å². The van der Waals surface area contributed by atoms with Crippen molar-refractivity contribution in [2.24, 2.45) is 0 Å². The van der Waals surface area contributed by atoms with Gasteiger partial charge in [-0.05, 0) is 25.6 Å². The summed E-state index contributed by atoms with van der Waals surface area (Å²) in [7, 11) is 2.18. The van der Waals surface area contributed by atoms with Crippen molar-refractivity contribution in [3.05, 3.63) is 33.8 Å². The van der Waals surface area contributed by atoms with Gasteiger partial charge in [-0.2, -0.15) is 0 Å². The highest BCUT2D eigenvalue weighted by molar-refractivity contribution is 6.42. The summed E-state index contributed by atoms with van der Waals surface area (Å²) in [6.07, 6.45) is 0. The van der Waals surface area contributed by atoms with Gasteiger partial charge in [0.1, 0.15) is 0 Å². The zero-order chi connectivity index (χ0) is 14.5. The molecular weight excluding hydrogens is 293 g/mol. The van der Waals surface area contributed by atoms with Crippen molar-refractivity contribution in [2.45, 2.75) is 13.0 Å². The van der Waals surface area contributed by atoms with E-state index >= 15 is 0 Å². The molecule has 3 nitrogen and oxygen atoms in total. The second-order valence-corrected chi connectivity index (χ2v) is 6.25. The number of nitrogens with one attached hydrogen (secondary N) is 1. The van der Waals surface area contributed by atoms with Crippen molar-refractivity contribution in [1.82, 2.24) is 15.1 Å². The van der Waals surface area contributed by atoms with Crippen LogP contribution in [0.1, 0.15) is 18.5 Å². The second-order valence-electron chi connectivity index (χ2n) is 5.46. The molecule has 1 fully saturated rings. The van der Waals surface area contributed by atoms with Crippen LogP contribution in [0.4, 0.5) is 0 Å². The third kappa shape index (κ3) is 4.34. The van der Waals surface area contributed by atoms with E-state index in [4.69, 9.17) is 23.2 Å². The summed E-state index contributed by atoms with van der Waals surface area (Å²) in [5.74, 6) is 0. The Balaban J connectivity index is 1.77. The molecule has 20 heavy (non-hydrogen) atoms. The SMILES string of the molecule is CC(NCCN1CCN(C)CC1)c1cccc(Cl)c1Cl. The molecule has 0 radical (unpaired) electrons. The fourth-order valence-electron chi connectivity index (χ4n) is 2.48. The molecule has 1 unspecified atom stereocenters. The minimum Gasteiger partial charge on any atom is -0.309 e. The maximum Gasteiger partial charge on any atom is 0.0639 e. The average molecular weight is 316 g/mol. The zero-order valence-corrected chi connectivity index (χ0v) is 13.7. The first-order valence-corrected chi connectivity index (χ1v) is 7.91. The summed E-state index contributed by atoms with van der Waals surface area (Å²) >= 11 is 12.3. The molecule has 1 aliphatic rings. The highest BCUT2D eigenvalue weighted by Crippen LogP contribution is 2.29. The average Bonchev–Trinajstić information content (AvgIpc) is 2.44. The van der Waals surface area contributed by atoms with Crippen molar-refractivity contribution in [1.29, 1.82) is 0 Å². The van der Waals surface area contributed by atoms with Crippen LogP contribution in [0.5, 0.6) is 0 Å². The van der Waals surface area contributed by atoms with Crippen LogP contribution >= 0.6 is 23.2 Å². The first kappa shape index (κ1) is 16.1. The molecule has 1 aliphatic heterocycles. The van der Waals surface area contributed by atoms with Crippen LogP contribution < -0.4 is 5.32 Å². The Kier molecular flexibility index (Phi) is 6.12.